The number of carboxylic acid groups (broad SMARTS) is 1. The third kappa shape index (κ3) is 5.07. The molecule has 146 valence electrons. The van der Waals surface area contributed by atoms with Crippen LogP contribution in [0.2, 0.25) is 0 Å². The average Bonchev–Trinajstić information content (AvgIpc) is 2.73. The molecule has 3 aromatic rings. The molecule has 0 aliphatic rings. The summed E-state index contributed by atoms with van der Waals surface area (Å²) in [6.07, 6.45) is 0. The minimum absolute atomic E-state index is 0.144. The van der Waals surface area contributed by atoms with Crippen LogP contribution in [-0.2, 0) is 4.79 Å². The molecule has 3 rings (SSSR count). The molecule has 3 N–H and O–H groups in total. The Balaban J connectivity index is 1.62. The summed E-state index contributed by atoms with van der Waals surface area (Å²) in [4.78, 5) is 35.3. The molecule has 0 bridgehead atoms. The first-order valence-electron chi connectivity index (χ1n) is 9.01. The number of carbonyl (C=O) groups excluding carboxylic acids is 2. The van der Waals surface area contributed by atoms with Gasteiger partial charge >= 0.3 is 5.97 Å². The van der Waals surface area contributed by atoms with E-state index >= 15 is 0 Å². The lowest BCUT2D eigenvalue weighted by molar-refractivity contribution is -0.115. The van der Waals surface area contributed by atoms with E-state index < -0.39 is 5.97 Å². The van der Waals surface area contributed by atoms with Crippen LogP contribution in [0.4, 0.5) is 5.69 Å². The summed E-state index contributed by atoms with van der Waals surface area (Å²) in [5.74, 6) is -1.64. The number of hydrogen-bond donors (Lipinski definition) is 3. The second-order valence-corrected chi connectivity index (χ2v) is 6.51. The number of carbonyl (C=O) groups is 3. The summed E-state index contributed by atoms with van der Waals surface area (Å²) in [5.41, 5.74) is 3.91. The van der Waals surface area contributed by atoms with Crippen LogP contribution < -0.4 is 10.6 Å². The van der Waals surface area contributed by atoms with E-state index in [-0.39, 0.29) is 23.9 Å². The van der Waals surface area contributed by atoms with E-state index in [4.69, 9.17) is 0 Å². The Morgan fingerprint density at radius 3 is 2.21 bits per heavy atom. The van der Waals surface area contributed by atoms with E-state index in [1.54, 1.807) is 54.6 Å². The van der Waals surface area contributed by atoms with Crippen LogP contribution >= 0.6 is 0 Å². The van der Waals surface area contributed by atoms with Crippen LogP contribution in [0.15, 0.2) is 72.8 Å². The van der Waals surface area contributed by atoms with Crippen LogP contribution in [0.1, 0.15) is 26.3 Å². The van der Waals surface area contributed by atoms with Gasteiger partial charge in [-0.2, -0.15) is 0 Å². The molecule has 0 aliphatic heterocycles. The summed E-state index contributed by atoms with van der Waals surface area (Å²) in [6, 6.07) is 20.7. The van der Waals surface area contributed by atoms with Crippen molar-refractivity contribution in [1.82, 2.24) is 5.32 Å². The van der Waals surface area contributed by atoms with E-state index in [1.165, 1.54) is 0 Å². The van der Waals surface area contributed by atoms with Gasteiger partial charge in [0.2, 0.25) is 5.91 Å². The monoisotopic (exact) mass is 388 g/mol. The Morgan fingerprint density at radius 2 is 1.55 bits per heavy atom. The number of benzene rings is 3. The Labute approximate surface area is 168 Å². The van der Waals surface area contributed by atoms with E-state index in [2.05, 4.69) is 10.6 Å². The number of rotatable bonds is 6. The van der Waals surface area contributed by atoms with Crippen molar-refractivity contribution in [3.05, 3.63) is 89.5 Å². The molecule has 0 saturated carbocycles. The highest BCUT2D eigenvalue weighted by atomic mass is 16.4. The Hall–Kier alpha value is -3.93. The van der Waals surface area contributed by atoms with Crippen LogP contribution in [0, 0.1) is 6.92 Å². The summed E-state index contributed by atoms with van der Waals surface area (Å²) in [7, 11) is 0. The first-order chi connectivity index (χ1) is 13.9. The molecule has 0 heterocycles. The van der Waals surface area contributed by atoms with Gasteiger partial charge in [-0.05, 0) is 60.0 Å². The quantitative estimate of drug-likeness (QED) is 0.600. The van der Waals surface area contributed by atoms with Gasteiger partial charge in [0.15, 0.2) is 0 Å². The summed E-state index contributed by atoms with van der Waals surface area (Å²) < 4.78 is 0. The fourth-order valence-corrected chi connectivity index (χ4v) is 2.86. The summed E-state index contributed by atoms with van der Waals surface area (Å²) >= 11 is 0. The highest BCUT2D eigenvalue weighted by molar-refractivity contribution is 5.99. The third-order valence-electron chi connectivity index (χ3n) is 4.41. The SMILES string of the molecule is Cc1ccc(C(=O)O)cc1-c1ccc(NC(=O)CNC(=O)c2ccccc2)cc1. The maximum Gasteiger partial charge on any atom is 0.335 e. The highest BCUT2D eigenvalue weighted by Gasteiger charge is 2.10. The number of amides is 2. The van der Waals surface area contributed by atoms with Crippen molar-refractivity contribution in [2.45, 2.75) is 6.92 Å². The number of nitrogens with one attached hydrogen (secondary N) is 2. The highest BCUT2D eigenvalue weighted by Crippen LogP contribution is 2.26. The zero-order valence-electron chi connectivity index (χ0n) is 15.8. The molecule has 6 nitrogen and oxygen atoms in total. The Morgan fingerprint density at radius 1 is 0.862 bits per heavy atom. The van der Waals surface area contributed by atoms with Gasteiger partial charge in [0.05, 0.1) is 12.1 Å². The molecule has 0 radical (unpaired) electrons. The topological polar surface area (TPSA) is 95.5 Å². The normalized spacial score (nSPS) is 10.2. The van der Waals surface area contributed by atoms with Crippen molar-refractivity contribution in [3.63, 3.8) is 0 Å². The van der Waals surface area contributed by atoms with Crippen LogP contribution in [0.5, 0.6) is 0 Å². The second kappa shape index (κ2) is 8.84. The van der Waals surface area contributed by atoms with Crippen molar-refractivity contribution >= 4 is 23.5 Å². The largest absolute Gasteiger partial charge is 0.478 e. The lowest BCUT2D eigenvalue weighted by Gasteiger charge is -2.10. The van der Waals surface area contributed by atoms with Gasteiger partial charge in [-0.25, -0.2) is 4.79 Å². The van der Waals surface area contributed by atoms with Gasteiger partial charge in [0.25, 0.3) is 5.91 Å². The molecule has 0 fully saturated rings. The molecule has 3 aromatic carbocycles. The number of aryl methyl sites for hydroxylation is 1. The van der Waals surface area contributed by atoms with Gasteiger partial charge in [-0.3, -0.25) is 9.59 Å². The van der Waals surface area contributed by atoms with Crippen molar-refractivity contribution in [3.8, 4) is 11.1 Å². The predicted octanol–water partition coefficient (Wildman–Crippen LogP) is 3.73. The third-order valence-corrected chi connectivity index (χ3v) is 4.41. The molecule has 0 aromatic heterocycles. The second-order valence-electron chi connectivity index (χ2n) is 6.51. The number of carboxylic acids is 1. The average molecular weight is 388 g/mol. The molecule has 0 spiro atoms. The number of aromatic carboxylic acids is 1. The van der Waals surface area contributed by atoms with E-state index in [0.717, 1.165) is 16.7 Å². The zero-order valence-corrected chi connectivity index (χ0v) is 15.8. The fourth-order valence-electron chi connectivity index (χ4n) is 2.86. The summed E-state index contributed by atoms with van der Waals surface area (Å²) in [6.45, 7) is 1.77. The van der Waals surface area contributed by atoms with Crippen molar-refractivity contribution in [1.29, 1.82) is 0 Å². The maximum absolute atomic E-state index is 12.1. The Kier molecular flexibility index (Phi) is 6.04. The molecule has 0 unspecified atom stereocenters. The smallest absolute Gasteiger partial charge is 0.335 e. The fraction of sp³-hybridized carbons (Fsp3) is 0.0870. The lowest BCUT2D eigenvalue weighted by atomic mass is 9.98. The number of hydrogen-bond acceptors (Lipinski definition) is 3. The van der Waals surface area contributed by atoms with Crippen LogP contribution in [0.25, 0.3) is 11.1 Å². The predicted molar refractivity (Wildman–Crippen MR) is 111 cm³/mol. The molecular formula is C23H20N2O4. The van der Waals surface area contributed by atoms with E-state index in [1.807, 2.05) is 25.1 Å². The van der Waals surface area contributed by atoms with Gasteiger partial charge in [-0.15, -0.1) is 0 Å². The van der Waals surface area contributed by atoms with Gasteiger partial charge < -0.3 is 15.7 Å². The van der Waals surface area contributed by atoms with Crippen molar-refractivity contribution < 1.29 is 19.5 Å². The molecule has 0 saturated heterocycles. The first kappa shape index (κ1) is 19.8. The van der Waals surface area contributed by atoms with Gasteiger partial charge in [0, 0.05) is 11.3 Å². The van der Waals surface area contributed by atoms with Gasteiger partial charge in [-0.1, -0.05) is 36.4 Å². The molecule has 0 atom stereocenters. The maximum atomic E-state index is 12.1. The zero-order chi connectivity index (χ0) is 20.8. The molecule has 29 heavy (non-hydrogen) atoms. The van der Waals surface area contributed by atoms with E-state index in [9.17, 15) is 19.5 Å². The number of anilines is 1. The van der Waals surface area contributed by atoms with Crippen molar-refractivity contribution in [2.24, 2.45) is 0 Å². The first-order valence-corrected chi connectivity index (χ1v) is 9.01. The minimum Gasteiger partial charge on any atom is -0.478 e. The molecular weight excluding hydrogens is 368 g/mol. The van der Waals surface area contributed by atoms with Crippen LogP contribution in [-0.4, -0.2) is 29.4 Å². The van der Waals surface area contributed by atoms with Crippen LogP contribution in [0.3, 0.4) is 0 Å². The Bertz CT molecular complexity index is 1040. The lowest BCUT2D eigenvalue weighted by Crippen LogP contribution is -2.32. The standard InChI is InChI=1S/C23H20N2O4/c1-15-7-8-18(23(28)29)13-20(15)16-9-11-19(12-10-16)25-21(26)14-24-22(27)17-5-3-2-4-6-17/h2-13H,14H2,1H3,(H,24,27)(H,25,26)(H,28,29). The van der Waals surface area contributed by atoms with Crippen molar-refractivity contribution in [2.75, 3.05) is 11.9 Å². The van der Waals surface area contributed by atoms with E-state index in [0.29, 0.717) is 11.3 Å². The molecule has 6 heteroatoms. The summed E-state index contributed by atoms with van der Waals surface area (Å²) in [5, 5.41) is 14.5. The minimum atomic E-state index is -0.979. The molecule has 0 aliphatic carbocycles. The van der Waals surface area contributed by atoms with Gasteiger partial charge in [0.1, 0.15) is 0 Å². The molecule has 2 amide bonds.